The van der Waals surface area contributed by atoms with E-state index in [9.17, 15) is 14.4 Å². The summed E-state index contributed by atoms with van der Waals surface area (Å²) in [4.78, 5) is 41.7. The summed E-state index contributed by atoms with van der Waals surface area (Å²) in [5, 5.41) is 4.00. The van der Waals surface area contributed by atoms with E-state index < -0.39 is 0 Å². The van der Waals surface area contributed by atoms with Gasteiger partial charge in [0, 0.05) is 30.7 Å². The lowest BCUT2D eigenvalue weighted by atomic mass is 9.88. The molecule has 2 atom stereocenters. The maximum absolute atomic E-state index is 13.5. The average Bonchev–Trinajstić information content (AvgIpc) is 3.74. The molecule has 0 radical (unpaired) electrons. The van der Waals surface area contributed by atoms with E-state index in [2.05, 4.69) is 17.4 Å². The number of fused-ring (bicyclic) bond motifs is 1. The van der Waals surface area contributed by atoms with Gasteiger partial charge in [-0.05, 0) is 86.9 Å². The Morgan fingerprint density at radius 3 is 2.30 bits per heavy atom. The van der Waals surface area contributed by atoms with Crippen molar-refractivity contribution in [1.29, 1.82) is 0 Å². The van der Waals surface area contributed by atoms with Gasteiger partial charge in [-0.15, -0.1) is 0 Å². The zero-order valence-electron chi connectivity index (χ0n) is 26.7. The molecule has 8 nitrogen and oxygen atoms in total. The number of anilines is 1. The summed E-state index contributed by atoms with van der Waals surface area (Å²) in [6.07, 6.45) is 4.05. The molecule has 46 heavy (non-hydrogen) atoms. The van der Waals surface area contributed by atoms with E-state index in [4.69, 9.17) is 9.47 Å². The molecule has 1 N–H and O–H groups in total. The monoisotopic (exact) mass is 621 g/mol. The SMILES string of the molecule is CCOc1cccc2c1cc(C(=O)Nc1ccc(C3CCN(C(=O)[C@@H]4CCC[C@H]4C(=O)OCc4ccccc4)CC3)cc1)n2CC. The molecule has 1 aromatic heterocycles. The number of ether oxygens (including phenoxy) is 2. The molecule has 1 saturated heterocycles. The highest BCUT2D eigenvalue weighted by molar-refractivity contribution is 6.07. The number of carbonyl (C=O) groups excluding carboxylic acids is 3. The summed E-state index contributed by atoms with van der Waals surface area (Å²) in [7, 11) is 0. The smallest absolute Gasteiger partial charge is 0.310 e. The average molecular weight is 622 g/mol. The molecule has 2 heterocycles. The number of hydrogen-bond acceptors (Lipinski definition) is 5. The van der Waals surface area contributed by atoms with E-state index in [0.29, 0.717) is 44.3 Å². The van der Waals surface area contributed by atoms with E-state index >= 15 is 0 Å². The molecule has 0 unspecified atom stereocenters. The summed E-state index contributed by atoms with van der Waals surface area (Å²) >= 11 is 0. The van der Waals surface area contributed by atoms with Crippen LogP contribution in [0.2, 0.25) is 0 Å². The van der Waals surface area contributed by atoms with Gasteiger partial charge in [0.25, 0.3) is 5.91 Å². The van der Waals surface area contributed by atoms with Gasteiger partial charge < -0.3 is 24.3 Å². The maximum atomic E-state index is 13.5. The number of benzene rings is 3. The molecule has 0 spiro atoms. The lowest BCUT2D eigenvalue weighted by Crippen LogP contribution is -2.43. The number of nitrogens with one attached hydrogen (secondary N) is 1. The molecule has 240 valence electrons. The first-order valence-electron chi connectivity index (χ1n) is 16.6. The third-order valence-corrected chi connectivity index (χ3v) is 9.56. The van der Waals surface area contributed by atoms with Crippen LogP contribution in [0.4, 0.5) is 5.69 Å². The van der Waals surface area contributed by atoms with Crippen LogP contribution in [0.5, 0.6) is 5.75 Å². The summed E-state index contributed by atoms with van der Waals surface area (Å²) in [5.74, 6) is 0.143. The second-order valence-corrected chi connectivity index (χ2v) is 12.3. The molecule has 2 amide bonds. The van der Waals surface area contributed by atoms with Crippen molar-refractivity contribution in [3.8, 4) is 5.75 Å². The van der Waals surface area contributed by atoms with Gasteiger partial charge in [-0.3, -0.25) is 14.4 Å². The molecule has 8 heteroatoms. The van der Waals surface area contributed by atoms with Crippen LogP contribution in [0.15, 0.2) is 78.9 Å². The molecule has 6 rings (SSSR count). The van der Waals surface area contributed by atoms with Crippen LogP contribution in [0.3, 0.4) is 0 Å². The van der Waals surface area contributed by atoms with Crippen molar-refractivity contribution in [2.45, 2.75) is 65.0 Å². The quantitative estimate of drug-likeness (QED) is 0.190. The molecular weight excluding hydrogens is 578 g/mol. The van der Waals surface area contributed by atoms with Gasteiger partial charge in [0.2, 0.25) is 5.91 Å². The van der Waals surface area contributed by atoms with Gasteiger partial charge in [0.05, 0.1) is 24.0 Å². The van der Waals surface area contributed by atoms with Crippen LogP contribution in [-0.2, 0) is 27.5 Å². The summed E-state index contributed by atoms with van der Waals surface area (Å²) in [5.41, 5.74) is 4.47. The Morgan fingerprint density at radius 1 is 0.848 bits per heavy atom. The van der Waals surface area contributed by atoms with Crippen molar-refractivity contribution in [2.24, 2.45) is 11.8 Å². The highest BCUT2D eigenvalue weighted by Gasteiger charge is 2.41. The van der Waals surface area contributed by atoms with Crippen LogP contribution in [0, 0.1) is 11.8 Å². The zero-order chi connectivity index (χ0) is 32.0. The van der Waals surface area contributed by atoms with Gasteiger partial charge in [-0.1, -0.05) is 55.0 Å². The third-order valence-electron chi connectivity index (χ3n) is 9.56. The highest BCUT2D eigenvalue weighted by Crippen LogP contribution is 2.37. The first kappa shape index (κ1) is 31.4. The molecule has 2 aliphatic rings. The van der Waals surface area contributed by atoms with Crippen molar-refractivity contribution in [3.05, 3.63) is 95.7 Å². The fourth-order valence-electron chi connectivity index (χ4n) is 7.14. The molecule has 4 aromatic rings. The summed E-state index contributed by atoms with van der Waals surface area (Å²) in [6, 6.07) is 25.5. The molecule has 3 aromatic carbocycles. The molecular formula is C38H43N3O5. The van der Waals surface area contributed by atoms with E-state index in [1.165, 1.54) is 5.56 Å². The Morgan fingerprint density at radius 2 is 1.59 bits per heavy atom. The Bertz CT molecular complexity index is 1670. The third kappa shape index (κ3) is 6.66. The van der Waals surface area contributed by atoms with E-state index in [0.717, 1.165) is 53.6 Å². The minimum Gasteiger partial charge on any atom is -0.493 e. The number of piperidine rings is 1. The minimum atomic E-state index is -0.359. The fraction of sp³-hybridized carbons (Fsp3) is 0.395. The lowest BCUT2D eigenvalue weighted by molar-refractivity contribution is -0.155. The standard InChI is InChI=1S/C38H43N3O5/c1-3-41-33-14-9-15-35(45-4-2)32(33)24-34(41)36(42)39-29-18-16-27(17-19-29)28-20-22-40(23-21-28)37(43)30-12-8-13-31(30)38(44)46-25-26-10-6-5-7-11-26/h5-7,9-11,14-19,24,28,30-31H,3-4,8,12-13,20-23,25H2,1-2H3,(H,39,42)/t30-,31-/m1/s1. The van der Waals surface area contributed by atoms with Crippen LogP contribution in [0.25, 0.3) is 10.9 Å². The topological polar surface area (TPSA) is 89.9 Å². The first-order chi connectivity index (χ1) is 22.5. The number of rotatable bonds is 10. The number of aryl methyl sites for hydroxylation is 1. The highest BCUT2D eigenvalue weighted by atomic mass is 16.5. The predicted octanol–water partition coefficient (Wildman–Crippen LogP) is 7.18. The van der Waals surface area contributed by atoms with Gasteiger partial charge in [0.1, 0.15) is 18.1 Å². The molecule has 0 bridgehead atoms. The van der Waals surface area contributed by atoms with Gasteiger partial charge in [-0.25, -0.2) is 0 Å². The van der Waals surface area contributed by atoms with Gasteiger partial charge in [-0.2, -0.15) is 0 Å². The second-order valence-electron chi connectivity index (χ2n) is 12.3. The fourth-order valence-corrected chi connectivity index (χ4v) is 7.14. The van der Waals surface area contributed by atoms with Crippen LogP contribution < -0.4 is 10.1 Å². The first-order valence-corrected chi connectivity index (χ1v) is 16.6. The van der Waals surface area contributed by atoms with Crippen LogP contribution in [-0.4, -0.2) is 46.9 Å². The molecule has 1 saturated carbocycles. The normalized spacial score (nSPS) is 18.4. The number of carbonyl (C=O) groups is 3. The van der Waals surface area contributed by atoms with E-state index in [1.54, 1.807) is 0 Å². The number of amides is 2. The molecule has 2 fully saturated rings. The number of likely N-dealkylation sites (tertiary alicyclic amines) is 1. The van der Waals surface area contributed by atoms with Crippen molar-refractivity contribution >= 4 is 34.4 Å². The Kier molecular flexibility index (Phi) is 9.71. The lowest BCUT2D eigenvalue weighted by Gasteiger charge is -2.34. The van der Waals surface area contributed by atoms with Crippen molar-refractivity contribution in [1.82, 2.24) is 9.47 Å². The minimum absolute atomic E-state index is 0.0912. The maximum Gasteiger partial charge on any atom is 0.310 e. The Balaban J connectivity index is 1.03. The zero-order valence-corrected chi connectivity index (χ0v) is 26.7. The summed E-state index contributed by atoms with van der Waals surface area (Å²) in [6.45, 7) is 6.81. The predicted molar refractivity (Wildman–Crippen MR) is 179 cm³/mol. The Hall–Kier alpha value is -4.59. The largest absolute Gasteiger partial charge is 0.493 e. The number of nitrogens with zero attached hydrogens (tertiary/aromatic N) is 2. The molecule has 1 aliphatic carbocycles. The summed E-state index contributed by atoms with van der Waals surface area (Å²) < 4.78 is 13.4. The second kappa shape index (κ2) is 14.2. The van der Waals surface area contributed by atoms with Crippen molar-refractivity contribution in [3.63, 3.8) is 0 Å². The van der Waals surface area contributed by atoms with E-state index in [-0.39, 0.29) is 36.2 Å². The van der Waals surface area contributed by atoms with Gasteiger partial charge >= 0.3 is 5.97 Å². The van der Waals surface area contributed by atoms with Crippen molar-refractivity contribution < 1.29 is 23.9 Å². The van der Waals surface area contributed by atoms with E-state index in [1.807, 2.05) is 90.0 Å². The number of esters is 1. The molecule has 1 aliphatic heterocycles. The number of aromatic nitrogens is 1. The van der Waals surface area contributed by atoms with Crippen LogP contribution >= 0.6 is 0 Å². The Labute approximate surface area is 270 Å². The number of hydrogen-bond donors (Lipinski definition) is 1. The van der Waals surface area contributed by atoms with Crippen molar-refractivity contribution in [2.75, 3.05) is 25.0 Å². The van der Waals surface area contributed by atoms with Crippen LogP contribution in [0.1, 0.15) is 73.5 Å². The van der Waals surface area contributed by atoms with Gasteiger partial charge in [0.15, 0.2) is 0 Å².